The molecule has 8 heteroatoms. The topological polar surface area (TPSA) is 95.1 Å². The van der Waals surface area contributed by atoms with E-state index in [-0.39, 0.29) is 6.42 Å². The van der Waals surface area contributed by atoms with Gasteiger partial charge in [0, 0.05) is 18.3 Å². The molecule has 0 unspecified atom stereocenters. The number of amides is 1. The van der Waals surface area contributed by atoms with Crippen molar-refractivity contribution < 1.29 is 14.7 Å². The second-order valence-corrected chi connectivity index (χ2v) is 5.46. The van der Waals surface area contributed by atoms with Crippen LogP contribution in [-0.2, 0) is 11.2 Å². The molecule has 2 heterocycles. The number of carbonyl (C=O) groups excluding carboxylic acids is 1. The lowest BCUT2D eigenvalue weighted by Gasteiger charge is -2.13. The Hall–Kier alpha value is -1.86. The maximum atomic E-state index is 12.0. The zero-order valence-electron chi connectivity index (χ0n) is 10.5. The Kier molecular flexibility index (Phi) is 4.41. The second-order valence-electron chi connectivity index (χ2n) is 4.21. The van der Waals surface area contributed by atoms with E-state index in [9.17, 15) is 9.59 Å². The van der Waals surface area contributed by atoms with Crippen molar-refractivity contribution >= 4 is 34.8 Å². The van der Waals surface area contributed by atoms with E-state index in [1.165, 1.54) is 23.9 Å². The molecule has 0 aliphatic rings. The molecule has 0 aromatic carbocycles. The summed E-state index contributed by atoms with van der Waals surface area (Å²) in [6, 6.07) is -1.04. The monoisotopic (exact) mass is 313 g/mol. The normalized spacial score (nSPS) is 12.1. The van der Waals surface area contributed by atoms with E-state index in [4.69, 9.17) is 16.7 Å². The Morgan fingerprint density at radius 3 is 2.85 bits per heavy atom. The molecule has 0 saturated heterocycles. The molecule has 0 aliphatic carbocycles. The van der Waals surface area contributed by atoms with Crippen LogP contribution in [0.5, 0.6) is 0 Å². The van der Waals surface area contributed by atoms with Crippen molar-refractivity contribution in [3.8, 4) is 0 Å². The van der Waals surface area contributed by atoms with Gasteiger partial charge in [0.1, 0.15) is 10.9 Å². The minimum absolute atomic E-state index is 0.128. The fourth-order valence-electron chi connectivity index (χ4n) is 1.62. The number of nitrogens with zero attached hydrogens (tertiary/aromatic N) is 1. The van der Waals surface area contributed by atoms with Crippen LogP contribution in [0.15, 0.2) is 17.9 Å². The fraction of sp³-hybridized carbons (Fsp3) is 0.250. The molecule has 106 valence electrons. The number of H-pyrrole nitrogens is 1. The van der Waals surface area contributed by atoms with E-state index in [1.54, 1.807) is 12.3 Å². The molecule has 20 heavy (non-hydrogen) atoms. The zero-order valence-corrected chi connectivity index (χ0v) is 12.1. The summed E-state index contributed by atoms with van der Waals surface area (Å²) < 4.78 is 0. The summed E-state index contributed by atoms with van der Waals surface area (Å²) in [4.78, 5) is 30.2. The van der Waals surface area contributed by atoms with Crippen LogP contribution in [0, 0.1) is 6.92 Å². The molecule has 0 saturated carbocycles. The summed E-state index contributed by atoms with van der Waals surface area (Å²) in [6.45, 7) is 1.79. The van der Waals surface area contributed by atoms with Crippen LogP contribution in [0.25, 0.3) is 0 Å². The van der Waals surface area contributed by atoms with Crippen molar-refractivity contribution in [1.29, 1.82) is 0 Å². The van der Waals surface area contributed by atoms with Crippen LogP contribution in [0.4, 0.5) is 0 Å². The number of aromatic amines is 1. The van der Waals surface area contributed by atoms with Gasteiger partial charge < -0.3 is 15.4 Å². The molecule has 0 bridgehead atoms. The van der Waals surface area contributed by atoms with E-state index in [1.807, 2.05) is 0 Å². The van der Waals surface area contributed by atoms with Gasteiger partial charge in [-0.3, -0.25) is 4.79 Å². The first-order chi connectivity index (χ1) is 9.49. The van der Waals surface area contributed by atoms with Crippen molar-refractivity contribution in [3.63, 3.8) is 0 Å². The number of halogens is 1. The summed E-state index contributed by atoms with van der Waals surface area (Å²) in [5, 5.41) is 13.7. The largest absolute Gasteiger partial charge is 0.480 e. The highest BCUT2D eigenvalue weighted by Gasteiger charge is 2.24. The highest BCUT2D eigenvalue weighted by atomic mass is 35.5. The molecular formula is C12H12ClN3O3S. The maximum Gasteiger partial charge on any atom is 0.326 e. The Labute approximate surface area is 123 Å². The molecule has 0 aliphatic heterocycles. The molecule has 0 fully saturated rings. The number of carbonyl (C=O) groups is 2. The molecule has 6 nitrogen and oxygen atoms in total. The van der Waals surface area contributed by atoms with Gasteiger partial charge in [-0.1, -0.05) is 11.6 Å². The number of aryl methyl sites for hydroxylation is 1. The third-order valence-electron chi connectivity index (χ3n) is 2.69. The number of nitrogens with one attached hydrogen (secondary N) is 2. The van der Waals surface area contributed by atoms with Crippen LogP contribution in [-0.4, -0.2) is 33.0 Å². The number of aliphatic carboxylic acids is 1. The molecule has 1 amide bonds. The molecular weight excluding hydrogens is 302 g/mol. The molecule has 0 radical (unpaired) electrons. The molecule has 1 atom stereocenters. The van der Waals surface area contributed by atoms with E-state index in [0.717, 1.165) is 5.56 Å². The lowest BCUT2D eigenvalue weighted by molar-refractivity contribution is -0.139. The first-order valence-electron chi connectivity index (χ1n) is 5.73. The van der Waals surface area contributed by atoms with Crippen molar-refractivity contribution in [3.05, 3.63) is 39.1 Å². The summed E-state index contributed by atoms with van der Waals surface area (Å²) in [5.74, 6) is -1.60. The van der Waals surface area contributed by atoms with Gasteiger partial charge in [-0.25, -0.2) is 9.78 Å². The summed E-state index contributed by atoms with van der Waals surface area (Å²) >= 11 is 7.18. The van der Waals surface area contributed by atoms with E-state index in [2.05, 4.69) is 15.3 Å². The summed E-state index contributed by atoms with van der Waals surface area (Å²) in [7, 11) is 0. The van der Waals surface area contributed by atoms with Crippen LogP contribution in [0.1, 0.15) is 20.9 Å². The van der Waals surface area contributed by atoms with Gasteiger partial charge in [-0.2, -0.15) is 0 Å². The summed E-state index contributed by atoms with van der Waals surface area (Å²) in [5.41, 5.74) is 1.42. The minimum Gasteiger partial charge on any atom is -0.480 e. The maximum absolute atomic E-state index is 12.0. The van der Waals surface area contributed by atoms with Crippen LogP contribution in [0.2, 0.25) is 5.02 Å². The lowest BCUT2D eigenvalue weighted by Crippen LogP contribution is -2.42. The van der Waals surface area contributed by atoms with Crippen LogP contribution < -0.4 is 5.32 Å². The number of aromatic nitrogens is 2. The first kappa shape index (κ1) is 14.5. The van der Waals surface area contributed by atoms with Crippen LogP contribution in [0.3, 0.4) is 0 Å². The zero-order chi connectivity index (χ0) is 14.7. The van der Waals surface area contributed by atoms with Gasteiger partial charge in [0.25, 0.3) is 5.91 Å². The smallest absolute Gasteiger partial charge is 0.326 e. The Morgan fingerprint density at radius 1 is 1.60 bits per heavy atom. The Morgan fingerprint density at radius 2 is 2.35 bits per heavy atom. The third-order valence-corrected chi connectivity index (χ3v) is 4.38. The van der Waals surface area contributed by atoms with Crippen molar-refractivity contribution in [2.75, 3.05) is 0 Å². The SMILES string of the molecule is Cc1csc(C(=O)N[C@@H](Cc2cnc[nH]2)C(=O)O)c1Cl. The van der Waals surface area contributed by atoms with Crippen molar-refractivity contribution in [1.82, 2.24) is 15.3 Å². The highest BCUT2D eigenvalue weighted by Crippen LogP contribution is 2.27. The molecule has 3 N–H and O–H groups in total. The fourth-order valence-corrected chi connectivity index (χ4v) is 2.80. The lowest BCUT2D eigenvalue weighted by atomic mass is 10.1. The predicted octanol–water partition coefficient (Wildman–Crippen LogP) is 1.86. The number of carboxylic acids is 1. The van der Waals surface area contributed by atoms with Gasteiger partial charge >= 0.3 is 5.97 Å². The van der Waals surface area contributed by atoms with Gasteiger partial charge in [-0.15, -0.1) is 11.3 Å². The average molecular weight is 314 g/mol. The minimum atomic E-state index is -1.11. The molecule has 2 aromatic rings. The van der Waals surface area contributed by atoms with Crippen molar-refractivity contribution in [2.45, 2.75) is 19.4 Å². The molecule has 2 aromatic heterocycles. The Bertz CT molecular complexity index is 624. The van der Waals surface area contributed by atoms with Gasteiger partial charge in [0.2, 0.25) is 0 Å². The third kappa shape index (κ3) is 3.17. The number of thiophene rings is 1. The standard InChI is InChI=1S/C12H12ClN3O3S/c1-6-4-20-10(9(6)13)11(17)16-8(12(18)19)2-7-3-14-5-15-7/h3-5,8H,2H2,1H3,(H,14,15)(H,16,17)(H,18,19)/t8-/m0/s1. The van der Waals surface area contributed by atoms with Gasteiger partial charge in [0.15, 0.2) is 0 Å². The van der Waals surface area contributed by atoms with E-state index in [0.29, 0.717) is 15.6 Å². The average Bonchev–Trinajstić information content (AvgIpc) is 3.00. The molecule has 0 spiro atoms. The number of hydrogen-bond donors (Lipinski definition) is 3. The molecule has 2 rings (SSSR count). The summed E-state index contributed by atoms with van der Waals surface area (Å²) in [6.07, 6.45) is 3.10. The number of hydrogen-bond acceptors (Lipinski definition) is 4. The second kappa shape index (κ2) is 6.06. The number of carboxylic acid groups (broad SMARTS) is 1. The number of rotatable bonds is 5. The van der Waals surface area contributed by atoms with E-state index < -0.39 is 17.9 Å². The van der Waals surface area contributed by atoms with E-state index >= 15 is 0 Å². The van der Waals surface area contributed by atoms with Crippen molar-refractivity contribution in [2.24, 2.45) is 0 Å². The Balaban J connectivity index is 2.10. The predicted molar refractivity (Wildman–Crippen MR) is 75.2 cm³/mol. The highest BCUT2D eigenvalue weighted by molar-refractivity contribution is 7.13. The number of imidazole rings is 1. The van der Waals surface area contributed by atoms with Gasteiger partial charge in [0.05, 0.1) is 11.3 Å². The van der Waals surface area contributed by atoms with Crippen LogP contribution >= 0.6 is 22.9 Å². The first-order valence-corrected chi connectivity index (χ1v) is 6.99. The van der Waals surface area contributed by atoms with Gasteiger partial charge in [-0.05, 0) is 17.9 Å². The quantitative estimate of drug-likeness (QED) is 0.785.